The summed E-state index contributed by atoms with van der Waals surface area (Å²) in [7, 11) is 5.55. The second kappa shape index (κ2) is 10.5. The van der Waals surface area contributed by atoms with Gasteiger partial charge in [-0.15, -0.1) is 35.3 Å². The third-order valence-electron chi connectivity index (χ3n) is 3.28. The fourth-order valence-corrected chi connectivity index (χ4v) is 2.79. The smallest absolute Gasteiger partial charge is 0.191 e. The van der Waals surface area contributed by atoms with Crippen LogP contribution in [0.15, 0.2) is 28.6 Å². The standard InChI is InChI=1S/C16H21F2N5S.HI/c1-19-15(21-9-13-10-24-16(22-13)23(2)3)20-7-6-11-8-12(17)4-5-14(11)18;/h4-5,8,10H,6-7,9H2,1-3H3,(H2,19,20,21);1H. The Morgan fingerprint density at radius 2 is 2.04 bits per heavy atom. The molecule has 25 heavy (non-hydrogen) atoms. The van der Waals surface area contributed by atoms with Crippen LogP contribution in [0.1, 0.15) is 11.3 Å². The summed E-state index contributed by atoms with van der Waals surface area (Å²) < 4.78 is 26.7. The average molecular weight is 481 g/mol. The van der Waals surface area contributed by atoms with Gasteiger partial charge in [0.2, 0.25) is 0 Å². The minimum absolute atomic E-state index is 0. The van der Waals surface area contributed by atoms with E-state index in [9.17, 15) is 8.78 Å². The molecule has 9 heteroatoms. The van der Waals surface area contributed by atoms with Gasteiger partial charge in [-0.25, -0.2) is 13.8 Å². The van der Waals surface area contributed by atoms with E-state index in [2.05, 4.69) is 20.6 Å². The van der Waals surface area contributed by atoms with Crippen molar-refractivity contribution in [3.05, 3.63) is 46.5 Å². The number of anilines is 1. The molecule has 1 heterocycles. The molecule has 5 nitrogen and oxygen atoms in total. The highest BCUT2D eigenvalue weighted by Gasteiger charge is 2.06. The summed E-state index contributed by atoms with van der Waals surface area (Å²) in [5.74, 6) is -0.250. The van der Waals surface area contributed by atoms with Gasteiger partial charge in [-0.1, -0.05) is 0 Å². The summed E-state index contributed by atoms with van der Waals surface area (Å²) in [4.78, 5) is 10.5. The van der Waals surface area contributed by atoms with Gasteiger partial charge in [-0.05, 0) is 30.2 Å². The van der Waals surface area contributed by atoms with Gasteiger partial charge in [0.15, 0.2) is 11.1 Å². The molecule has 0 bridgehead atoms. The second-order valence-electron chi connectivity index (χ2n) is 5.35. The molecule has 0 saturated carbocycles. The number of halogens is 3. The maximum atomic E-state index is 13.6. The number of nitrogens with one attached hydrogen (secondary N) is 2. The van der Waals surface area contributed by atoms with E-state index in [1.165, 1.54) is 6.07 Å². The first-order chi connectivity index (χ1) is 11.5. The van der Waals surface area contributed by atoms with Gasteiger partial charge in [0.25, 0.3) is 0 Å². The van der Waals surface area contributed by atoms with E-state index < -0.39 is 11.6 Å². The highest BCUT2D eigenvalue weighted by Crippen LogP contribution is 2.17. The zero-order valence-electron chi connectivity index (χ0n) is 14.3. The van der Waals surface area contributed by atoms with Crippen LogP contribution in [0.2, 0.25) is 0 Å². The topological polar surface area (TPSA) is 52.6 Å². The van der Waals surface area contributed by atoms with Crippen molar-refractivity contribution in [3.8, 4) is 0 Å². The summed E-state index contributed by atoms with van der Waals surface area (Å²) in [5, 5.41) is 9.15. The van der Waals surface area contributed by atoms with Crippen LogP contribution in [0.5, 0.6) is 0 Å². The third-order valence-corrected chi connectivity index (χ3v) is 4.33. The van der Waals surface area contributed by atoms with E-state index >= 15 is 0 Å². The fourth-order valence-electron chi connectivity index (χ4n) is 2.03. The molecule has 0 aliphatic heterocycles. The molecule has 1 aromatic heterocycles. The Morgan fingerprint density at radius 1 is 1.28 bits per heavy atom. The molecule has 0 unspecified atom stereocenters. The van der Waals surface area contributed by atoms with Crippen LogP contribution in [0.25, 0.3) is 0 Å². The van der Waals surface area contributed by atoms with Gasteiger partial charge in [-0.3, -0.25) is 4.99 Å². The van der Waals surface area contributed by atoms with Crippen molar-refractivity contribution < 1.29 is 8.78 Å². The average Bonchev–Trinajstić information content (AvgIpc) is 3.03. The number of benzene rings is 1. The zero-order valence-corrected chi connectivity index (χ0v) is 17.5. The van der Waals surface area contributed by atoms with E-state index in [1.54, 1.807) is 18.4 Å². The Bertz CT molecular complexity index is 706. The number of aliphatic imine (C=N–C) groups is 1. The van der Waals surface area contributed by atoms with E-state index in [4.69, 9.17) is 0 Å². The Kier molecular flexibility index (Phi) is 9.04. The Labute approximate surface area is 167 Å². The Hall–Kier alpha value is -1.49. The quantitative estimate of drug-likeness (QED) is 0.379. The molecule has 0 aliphatic rings. The van der Waals surface area contributed by atoms with Crippen LogP contribution in [0, 0.1) is 11.6 Å². The Balaban J connectivity index is 0.00000312. The molecule has 0 saturated heterocycles. The lowest BCUT2D eigenvalue weighted by atomic mass is 10.1. The van der Waals surface area contributed by atoms with Crippen LogP contribution in [0.4, 0.5) is 13.9 Å². The summed E-state index contributed by atoms with van der Waals surface area (Å²) >= 11 is 1.57. The van der Waals surface area contributed by atoms with E-state index in [-0.39, 0.29) is 24.0 Å². The SMILES string of the molecule is CN=C(NCCc1cc(F)ccc1F)NCc1csc(N(C)C)n1.I. The number of hydrogen-bond donors (Lipinski definition) is 2. The predicted octanol–water partition coefficient (Wildman–Crippen LogP) is 3.01. The molecular weight excluding hydrogens is 459 g/mol. The lowest BCUT2D eigenvalue weighted by Crippen LogP contribution is -2.38. The normalized spacial score (nSPS) is 11.0. The predicted molar refractivity (Wildman–Crippen MR) is 110 cm³/mol. The molecular formula is C16H22F2IN5S. The zero-order chi connectivity index (χ0) is 17.5. The highest BCUT2D eigenvalue weighted by atomic mass is 127. The summed E-state index contributed by atoms with van der Waals surface area (Å²) in [6.45, 7) is 0.985. The molecule has 2 rings (SSSR count). The van der Waals surface area contributed by atoms with Gasteiger partial charge in [0.1, 0.15) is 11.6 Å². The molecule has 138 valence electrons. The lowest BCUT2D eigenvalue weighted by Gasteiger charge is -2.11. The van der Waals surface area contributed by atoms with Crippen molar-refractivity contribution in [2.24, 2.45) is 4.99 Å². The number of aromatic nitrogens is 1. The summed E-state index contributed by atoms with van der Waals surface area (Å²) in [6, 6.07) is 3.47. The number of nitrogens with zero attached hydrogens (tertiary/aromatic N) is 3. The monoisotopic (exact) mass is 481 g/mol. The second-order valence-corrected chi connectivity index (χ2v) is 6.19. The third kappa shape index (κ3) is 6.73. The van der Waals surface area contributed by atoms with Crippen molar-refractivity contribution in [1.82, 2.24) is 15.6 Å². The van der Waals surface area contributed by atoms with E-state index in [0.717, 1.165) is 23.0 Å². The summed E-state index contributed by atoms with van der Waals surface area (Å²) in [5.41, 5.74) is 1.26. The molecule has 0 radical (unpaired) electrons. The van der Waals surface area contributed by atoms with Gasteiger partial charge in [-0.2, -0.15) is 0 Å². The van der Waals surface area contributed by atoms with Crippen molar-refractivity contribution in [3.63, 3.8) is 0 Å². The van der Waals surface area contributed by atoms with Gasteiger partial charge >= 0.3 is 0 Å². The molecule has 0 amide bonds. The molecule has 0 spiro atoms. The van der Waals surface area contributed by atoms with Gasteiger partial charge in [0.05, 0.1) is 12.2 Å². The molecule has 2 aromatic rings. The first kappa shape index (κ1) is 21.6. The van der Waals surface area contributed by atoms with Crippen molar-refractivity contribution in [1.29, 1.82) is 0 Å². The first-order valence-electron chi connectivity index (χ1n) is 7.49. The van der Waals surface area contributed by atoms with Crippen LogP contribution in [-0.2, 0) is 13.0 Å². The lowest BCUT2D eigenvalue weighted by molar-refractivity contribution is 0.583. The minimum Gasteiger partial charge on any atom is -0.356 e. The van der Waals surface area contributed by atoms with Crippen LogP contribution >= 0.6 is 35.3 Å². The van der Waals surface area contributed by atoms with Crippen molar-refractivity contribution in [2.45, 2.75) is 13.0 Å². The van der Waals surface area contributed by atoms with Gasteiger partial charge in [0, 0.05) is 33.1 Å². The number of hydrogen-bond acceptors (Lipinski definition) is 4. The molecule has 1 aromatic carbocycles. The molecule has 0 atom stereocenters. The van der Waals surface area contributed by atoms with E-state index in [0.29, 0.717) is 31.0 Å². The van der Waals surface area contributed by atoms with Crippen molar-refractivity contribution in [2.75, 3.05) is 32.6 Å². The van der Waals surface area contributed by atoms with E-state index in [1.807, 2.05) is 24.4 Å². The minimum atomic E-state index is -0.436. The summed E-state index contributed by atoms with van der Waals surface area (Å²) in [6.07, 6.45) is 0.367. The maximum absolute atomic E-state index is 13.6. The van der Waals surface area contributed by atoms with Crippen LogP contribution in [-0.4, -0.2) is 38.6 Å². The fraction of sp³-hybridized carbons (Fsp3) is 0.375. The molecule has 2 N–H and O–H groups in total. The van der Waals surface area contributed by atoms with Crippen LogP contribution in [0.3, 0.4) is 0 Å². The number of thiazole rings is 1. The van der Waals surface area contributed by atoms with Gasteiger partial charge < -0.3 is 15.5 Å². The largest absolute Gasteiger partial charge is 0.356 e. The van der Waals surface area contributed by atoms with Crippen molar-refractivity contribution >= 4 is 46.4 Å². The highest BCUT2D eigenvalue weighted by molar-refractivity contribution is 14.0. The number of guanidine groups is 1. The molecule has 0 fully saturated rings. The first-order valence-corrected chi connectivity index (χ1v) is 8.37. The van der Waals surface area contributed by atoms with Crippen LogP contribution < -0.4 is 15.5 Å². The maximum Gasteiger partial charge on any atom is 0.191 e. The molecule has 0 aliphatic carbocycles. The Morgan fingerprint density at radius 3 is 2.68 bits per heavy atom. The number of rotatable bonds is 6.